The van der Waals surface area contributed by atoms with E-state index in [1.54, 1.807) is 0 Å². The average molecular weight is 200 g/mol. The van der Waals surface area contributed by atoms with E-state index >= 15 is 0 Å². The minimum Gasteiger partial charge on any atom is -0.390 e. The molecule has 0 radical (unpaired) electrons. The first-order valence-corrected chi connectivity index (χ1v) is 5.05. The summed E-state index contributed by atoms with van der Waals surface area (Å²) in [4.78, 5) is 0. The molecule has 1 fully saturated rings. The fourth-order valence-corrected chi connectivity index (χ4v) is 2.07. The quantitative estimate of drug-likeness (QED) is 0.464. The molecule has 5 atom stereocenters. The summed E-state index contributed by atoms with van der Waals surface area (Å²) in [7, 11) is 0. The van der Waals surface area contributed by atoms with Crippen LogP contribution >= 0.6 is 0 Å². The molecular weight excluding hydrogens is 184 g/mol. The molecule has 4 heteroatoms. The van der Waals surface area contributed by atoms with Crippen molar-refractivity contribution in [3.05, 3.63) is 12.2 Å². The lowest BCUT2D eigenvalue weighted by Gasteiger charge is -2.20. The number of rotatable bonds is 0. The molecule has 2 aliphatic heterocycles. The summed E-state index contributed by atoms with van der Waals surface area (Å²) in [5, 5.41) is 28.9. The minimum absolute atomic E-state index is 0.376. The second-order valence-corrected chi connectivity index (χ2v) is 3.97. The normalized spacial score (nSPS) is 50.6. The van der Waals surface area contributed by atoms with Gasteiger partial charge in [0, 0.05) is 0 Å². The molecule has 0 saturated carbocycles. The van der Waals surface area contributed by atoms with Crippen LogP contribution in [-0.4, -0.2) is 45.8 Å². The molecule has 80 valence electrons. The third kappa shape index (κ3) is 1.70. The van der Waals surface area contributed by atoms with Crippen molar-refractivity contribution in [2.24, 2.45) is 0 Å². The van der Waals surface area contributed by atoms with Crippen molar-refractivity contribution < 1.29 is 20.1 Å². The molecular formula is C10H16O4. The largest absolute Gasteiger partial charge is 0.390 e. The van der Waals surface area contributed by atoms with Gasteiger partial charge < -0.3 is 20.1 Å². The van der Waals surface area contributed by atoms with Crippen molar-refractivity contribution in [1.82, 2.24) is 0 Å². The van der Waals surface area contributed by atoms with Crippen LogP contribution in [0.1, 0.15) is 19.3 Å². The number of hydrogen-bond acceptors (Lipinski definition) is 4. The summed E-state index contributed by atoms with van der Waals surface area (Å²) in [6.07, 6.45) is 2.34. The van der Waals surface area contributed by atoms with Gasteiger partial charge in [0.1, 0.15) is 18.3 Å². The molecule has 2 rings (SSSR count). The highest BCUT2D eigenvalue weighted by Gasteiger charge is 2.45. The molecule has 0 aromatic carbocycles. The van der Waals surface area contributed by atoms with Gasteiger partial charge in [0.2, 0.25) is 0 Å². The molecule has 14 heavy (non-hydrogen) atoms. The monoisotopic (exact) mass is 200 g/mol. The van der Waals surface area contributed by atoms with E-state index in [9.17, 15) is 15.3 Å². The first-order chi connectivity index (χ1) is 6.70. The van der Waals surface area contributed by atoms with Crippen molar-refractivity contribution in [2.75, 3.05) is 0 Å². The van der Waals surface area contributed by atoms with Gasteiger partial charge in [-0.3, -0.25) is 0 Å². The fourth-order valence-electron chi connectivity index (χ4n) is 2.07. The second kappa shape index (κ2) is 3.98. The number of aliphatic hydroxyl groups is 3. The van der Waals surface area contributed by atoms with E-state index in [1.165, 1.54) is 0 Å². The summed E-state index contributed by atoms with van der Waals surface area (Å²) >= 11 is 0. The standard InChI is InChI=1S/C10H16O4/c11-6-4-2-1-3-5-7-8(12)9(13)10(6)14-7/h1,3,6-13H,2,4-5H2/b3-1-/t6-,7-,8-,9-,10+/m1/s1. The summed E-state index contributed by atoms with van der Waals surface area (Å²) in [6, 6.07) is 0. The van der Waals surface area contributed by atoms with Crippen molar-refractivity contribution in [1.29, 1.82) is 0 Å². The van der Waals surface area contributed by atoms with E-state index in [1.807, 2.05) is 12.2 Å². The Morgan fingerprint density at radius 3 is 2.64 bits per heavy atom. The predicted molar refractivity (Wildman–Crippen MR) is 49.7 cm³/mol. The second-order valence-electron chi connectivity index (χ2n) is 3.97. The molecule has 0 aliphatic carbocycles. The van der Waals surface area contributed by atoms with Crippen LogP contribution in [0.25, 0.3) is 0 Å². The van der Waals surface area contributed by atoms with Crippen LogP contribution in [0.15, 0.2) is 12.2 Å². The van der Waals surface area contributed by atoms with Crippen LogP contribution in [0, 0.1) is 0 Å². The lowest BCUT2D eigenvalue weighted by molar-refractivity contribution is -0.0657. The maximum Gasteiger partial charge on any atom is 0.112 e. The Balaban J connectivity index is 2.15. The van der Waals surface area contributed by atoms with Gasteiger partial charge in [0.15, 0.2) is 0 Å². The number of hydrogen-bond donors (Lipinski definition) is 3. The number of allylic oxidation sites excluding steroid dienone is 1. The summed E-state index contributed by atoms with van der Waals surface area (Å²) in [5.74, 6) is 0. The first-order valence-electron chi connectivity index (χ1n) is 5.05. The van der Waals surface area contributed by atoms with Crippen LogP contribution in [0.4, 0.5) is 0 Å². The third-order valence-electron chi connectivity index (χ3n) is 2.94. The fraction of sp³-hybridized carbons (Fsp3) is 0.800. The molecule has 2 heterocycles. The van der Waals surface area contributed by atoms with Crippen LogP contribution in [0.5, 0.6) is 0 Å². The highest BCUT2D eigenvalue weighted by Crippen LogP contribution is 2.28. The topological polar surface area (TPSA) is 69.9 Å². The SMILES string of the molecule is O[C@@H]1[C@H](O)[C@H]2C/C=C\CC[C@@H](O)[C@@H]1O2. The Hall–Kier alpha value is -0.420. The zero-order valence-corrected chi connectivity index (χ0v) is 7.91. The van der Waals surface area contributed by atoms with Gasteiger partial charge in [-0.1, -0.05) is 12.2 Å². The van der Waals surface area contributed by atoms with Crippen molar-refractivity contribution >= 4 is 0 Å². The summed E-state index contributed by atoms with van der Waals surface area (Å²) in [5.41, 5.74) is 0. The van der Waals surface area contributed by atoms with Crippen molar-refractivity contribution in [3.63, 3.8) is 0 Å². The minimum atomic E-state index is -0.957. The van der Waals surface area contributed by atoms with E-state index in [2.05, 4.69) is 0 Å². The van der Waals surface area contributed by atoms with E-state index in [0.717, 1.165) is 6.42 Å². The third-order valence-corrected chi connectivity index (χ3v) is 2.94. The smallest absolute Gasteiger partial charge is 0.112 e. The first kappa shape index (κ1) is 10.1. The Kier molecular flexibility index (Phi) is 2.88. The van der Waals surface area contributed by atoms with Gasteiger partial charge in [-0.15, -0.1) is 0 Å². The van der Waals surface area contributed by atoms with Crippen LogP contribution in [0.2, 0.25) is 0 Å². The maximum absolute atomic E-state index is 9.68. The van der Waals surface area contributed by atoms with Crippen LogP contribution in [0.3, 0.4) is 0 Å². The molecule has 0 aromatic heterocycles. The van der Waals surface area contributed by atoms with Gasteiger partial charge >= 0.3 is 0 Å². The van der Waals surface area contributed by atoms with Gasteiger partial charge in [0.05, 0.1) is 12.2 Å². The highest BCUT2D eigenvalue weighted by atomic mass is 16.6. The van der Waals surface area contributed by atoms with E-state index in [-0.39, 0.29) is 6.10 Å². The molecule has 2 aliphatic rings. The number of fused-ring (bicyclic) bond motifs is 2. The van der Waals surface area contributed by atoms with Crippen LogP contribution in [-0.2, 0) is 4.74 Å². The molecule has 0 spiro atoms. The van der Waals surface area contributed by atoms with E-state index in [0.29, 0.717) is 12.8 Å². The maximum atomic E-state index is 9.68. The predicted octanol–water partition coefficient (Wildman–Crippen LogP) is -0.423. The average Bonchev–Trinajstić information content (AvgIpc) is 2.49. The Morgan fingerprint density at radius 1 is 1.07 bits per heavy atom. The summed E-state index contributed by atoms with van der Waals surface area (Å²) in [6.45, 7) is 0. The van der Waals surface area contributed by atoms with Crippen LogP contribution < -0.4 is 0 Å². The molecule has 0 aromatic rings. The van der Waals surface area contributed by atoms with Crippen molar-refractivity contribution in [2.45, 2.75) is 49.8 Å². The summed E-state index contributed by atoms with van der Waals surface area (Å²) < 4.78 is 5.42. The zero-order chi connectivity index (χ0) is 10.1. The Bertz CT molecular complexity index is 228. The highest BCUT2D eigenvalue weighted by molar-refractivity contribution is 4.99. The zero-order valence-electron chi connectivity index (χ0n) is 7.91. The van der Waals surface area contributed by atoms with E-state index < -0.39 is 24.4 Å². The Morgan fingerprint density at radius 2 is 1.86 bits per heavy atom. The Labute approximate surface area is 82.8 Å². The van der Waals surface area contributed by atoms with Gasteiger partial charge in [-0.2, -0.15) is 0 Å². The molecule has 3 N–H and O–H groups in total. The number of ether oxygens (including phenoxy) is 1. The van der Waals surface area contributed by atoms with Crippen molar-refractivity contribution in [3.8, 4) is 0 Å². The van der Waals surface area contributed by atoms with Gasteiger partial charge in [-0.05, 0) is 19.3 Å². The number of aliphatic hydroxyl groups excluding tert-OH is 3. The van der Waals surface area contributed by atoms with E-state index in [4.69, 9.17) is 4.74 Å². The molecule has 0 unspecified atom stereocenters. The lowest BCUT2D eigenvalue weighted by Crippen LogP contribution is -2.38. The molecule has 1 saturated heterocycles. The lowest BCUT2D eigenvalue weighted by atomic mass is 9.98. The van der Waals surface area contributed by atoms with Gasteiger partial charge in [0.25, 0.3) is 0 Å². The molecule has 4 nitrogen and oxygen atoms in total. The molecule has 2 bridgehead atoms. The molecule has 0 amide bonds. The van der Waals surface area contributed by atoms with Gasteiger partial charge in [-0.25, -0.2) is 0 Å².